The Bertz CT molecular complexity index is 948. The lowest BCUT2D eigenvalue weighted by Crippen LogP contribution is -2.34. The van der Waals surface area contributed by atoms with Crippen molar-refractivity contribution in [3.8, 4) is 0 Å². The Morgan fingerprint density at radius 1 is 1.04 bits per heavy atom. The number of nitrogens with zero attached hydrogens (tertiary/aromatic N) is 3. The molecule has 1 aliphatic carbocycles. The third-order valence-electron chi connectivity index (χ3n) is 5.21. The Hall–Kier alpha value is -3.01. The summed E-state index contributed by atoms with van der Waals surface area (Å²) in [5.74, 6) is -0.0650. The van der Waals surface area contributed by atoms with Gasteiger partial charge in [0.05, 0.1) is 17.9 Å². The fourth-order valence-electron chi connectivity index (χ4n) is 3.72. The molecule has 1 atom stereocenters. The summed E-state index contributed by atoms with van der Waals surface area (Å²) in [6.45, 7) is 4.51. The summed E-state index contributed by atoms with van der Waals surface area (Å²) in [5.41, 5.74) is 6.13. The second kappa shape index (κ2) is 7.31. The molecule has 4 rings (SSSR count). The first-order chi connectivity index (χ1) is 13.1. The highest BCUT2D eigenvalue weighted by atomic mass is 16.2. The number of amides is 1. The number of aromatic nitrogens is 2. The van der Waals surface area contributed by atoms with Crippen LogP contribution in [-0.2, 0) is 13.0 Å². The molecule has 4 heteroatoms. The Kier molecular flexibility index (Phi) is 4.71. The summed E-state index contributed by atoms with van der Waals surface area (Å²) in [4.78, 5) is 23.9. The van der Waals surface area contributed by atoms with Crippen molar-refractivity contribution in [2.24, 2.45) is 0 Å². The summed E-state index contributed by atoms with van der Waals surface area (Å²) in [7, 11) is 0. The zero-order chi connectivity index (χ0) is 18.8. The maximum absolute atomic E-state index is 13.3. The van der Waals surface area contributed by atoms with Gasteiger partial charge in [-0.05, 0) is 43.4 Å². The van der Waals surface area contributed by atoms with Crippen LogP contribution in [0.1, 0.15) is 50.9 Å². The molecule has 0 saturated heterocycles. The Morgan fingerprint density at radius 2 is 1.81 bits per heavy atom. The van der Waals surface area contributed by atoms with Crippen LogP contribution in [0.4, 0.5) is 0 Å². The molecule has 27 heavy (non-hydrogen) atoms. The number of carbonyl (C=O) groups is 1. The van der Waals surface area contributed by atoms with Crippen LogP contribution in [0.5, 0.6) is 0 Å². The van der Waals surface area contributed by atoms with Crippen LogP contribution in [0, 0.1) is 13.8 Å². The molecule has 2 aromatic carbocycles. The van der Waals surface area contributed by atoms with Gasteiger partial charge in [-0.1, -0.05) is 54.1 Å². The second-order valence-electron chi connectivity index (χ2n) is 7.21. The molecule has 1 aromatic heterocycles. The van der Waals surface area contributed by atoms with E-state index in [4.69, 9.17) is 0 Å². The summed E-state index contributed by atoms with van der Waals surface area (Å²) in [6, 6.07) is 16.9. The van der Waals surface area contributed by atoms with Gasteiger partial charge in [0.15, 0.2) is 0 Å². The lowest BCUT2D eigenvalue weighted by atomic mass is 10.0. The molecule has 1 aliphatic rings. The van der Waals surface area contributed by atoms with Crippen LogP contribution in [-0.4, -0.2) is 20.8 Å². The van der Waals surface area contributed by atoms with Gasteiger partial charge in [0.25, 0.3) is 5.91 Å². The number of benzene rings is 2. The van der Waals surface area contributed by atoms with Crippen LogP contribution in [0.25, 0.3) is 0 Å². The van der Waals surface area contributed by atoms with E-state index in [1.165, 1.54) is 16.7 Å². The zero-order valence-corrected chi connectivity index (χ0v) is 15.7. The van der Waals surface area contributed by atoms with Crippen molar-refractivity contribution in [3.05, 3.63) is 94.6 Å². The van der Waals surface area contributed by atoms with Gasteiger partial charge in [-0.3, -0.25) is 9.78 Å². The number of hydrogen-bond acceptors (Lipinski definition) is 3. The van der Waals surface area contributed by atoms with Crippen molar-refractivity contribution in [3.63, 3.8) is 0 Å². The van der Waals surface area contributed by atoms with E-state index in [0.717, 1.165) is 24.1 Å². The molecule has 0 radical (unpaired) electrons. The van der Waals surface area contributed by atoms with Gasteiger partial charge >= 0.3 is 0 Å². The van der Waals surface area contributed by atoms with Crippen molar-refractivity contribution < 1.29 is 4.79 Å². The smallest absolute Gasteiger partial charge is 0.274 e. The van der Waals surface area contributed by atoms with E-state index in [9.17, 15) is 4.79 Å². The molecule has 0 unspecified atom stereocenters. The SMILES string of the molecule is Cc1ccc(CN(C(=O)c2cnc(C)cn2)[C@H]2CCc3ccccc32)cc1. The van der Waals surface area contributed by atoms with Crippen molar-refractivity contribution in [2.75, 3.05) is 0 Å². The lowest BCUT2D eigenvalue weighted by Gasteiger charge is -2.30. The fourth-order valence-corrected chi connectivity index (χ4v) is 3.72. The molecule has 1 heterocycles. The van der Waals surface area contributed by atoms with Gasteiger partial charge < -0.3 is 4.90 Å². The van der Waals surface area contributed by atoms with E-state index in [0.29, 0.717) is 12.2 Å². The average molecular weight is 357 g/mol. The molecule has 136 valence electrons. The van der Waals surface area contributed by atoms with E-state index in [1.807, 2.05) is 11.8 Å². The molecule has 0 N–H and O–H groups in total. The summed E-state index contributed by atoms with van der Waals surface area (Å²) < 4.78 is 0. The monoisotopic (exact) mass is 357 g/mol. The van der Waals surface area contributed by atoms with Crippen LogP contribution < -0.4 is 0 Å². The Morgan fingerprint density at radius 3 is 2.56 bits per heavy atom. The van der Waals surface area contributed by atoms with Crippen LogP contribution in [0.2, 0.25) is 0 Å². The third kappa shape index (κ3) is 3.61. The largest absolute Gasteiger partial charge is 0.326 e. The maximum atomic E-state index is 13.3. The van der Waals surface area contributed by atoms with Crippen molar-refractivity contribution in [1.82, 2.24) is 14.9 Å². The van der Waals surface area contributed by atoms with E-state index in [-0.39, 0.29) is 11.9 Å². The lowest BCUT2D eigenvalue weighted by molar-refractivity contribution is 0.0651. The maximum Gasteiger partial charge on any atom is 0.274 e. The fraction of sp³-hybridized carbons (Fsp3) is 0.261. The van der Waals surface area contributed by atoms with Gasteiger partial charge in [0.2, 0.25) is 0 Å². The molecule has 0 saturated carbocycles. The van der Waals surface area contributed by atoms with E-state index in [1.54, 1.807) is 12.4 Å². The van der Waals surface area contributed by atoms with Gasteiger partial charge in [0, 0.05) is 12.7 Å². The molecule has 0 fully saturated rings. The molecule has 0 aliphatic heterocycles. The first-order valence-corrected chi connectivity index (χ1v) is 9.35. The number of hydrogen-bond donors (Lipinski definition) is 0. The van der Waals surface area contributed by atoms with E-state index >= 15 is 0 Å². The molecule has 0 bridgehead atoms. The van der Waals surface area contributed by atoms with Crippen LogP contribution in [0.15, 0.2) is 60.9 Å². The Labute approximate surface area is 159 Å². The predicted molar refractivity (Wildman–Crippen MR) is 105 cm³/mol. The van der Waals surface area contributed by atoms with Crippen LogP contribution in [0.3, 0.4) is 0 Å². The summed E-state index contributed by atoms with van der Waals surface area (Å²) in [5, 5.41) is 0. The molecule has 1 amide bonds. The number of fused-ring (bicyclic) bond motifs is 1. The number of rotatable bonds is 4. The van der Waals surface area contributed by atoms with Gasteiger partial charge in [-0.2, -0.15) is 0 Å². The number of carbonyl (C=O) groups excluding carboxylic acids is 1. The standard InChI is InChI=1S/C23H23N3O/c1-16-7-9-18(10-8-16)15-26(23(27)21-14-24-17(2)13-25-21)22-12-11-19-5-3-4-6-20(19)22/h3-10,13-14,22H,11-12,15H2,1-2H3/t22-/m0/s1. The highest BCUT2D eigenvalue weighted by Crippen LogP contribution is 2.37. The number of aryl methyl sites for hydroxylation is 3. The summed E-state index contributed by atoms with van der Waals surface area (Å²) in [6.07, 6.45) is 5.18. The second-order valence-corrected chi connectivity index (χ2v) is 7.21. The van der Waals surface area contributed by atoms with Crippen molar-refractivity contribution in [1.29, 1.82) is 0 Å². The molecule has 3 aromatic rings. The predicted octanol–water partition coefficient (Wildman–Crippen LogP) is 4.42. The highest BCUT2D eigenvalue weighted by molar-refractivity contribution is 5.92. The summed E-state index contributed by atoms with van der Waals surface area (Å²) >= 11 is 0. The molecular formula is C23H23N3O. The van der Waals surface area contributed by atoms with E-state index < -0.39 is 0 Å². The minimum Gasteiger partial charge on any atom is -0.326 e. The first-order valence-electron chi connectivity index (χ1n) is 9.35. The minimum absolute atomic E-state index is 0.0650. The topological polar surface area (TPSA) is 46.1 Å². The quantitative estimate of drug-likeness (QED) is 0.694. The molecule has 4 nitrogen and oxygen atoms in total. The average Bonchev–Trinajstić information content (AvgIpc) is 3.11. The van der Waals surface area contributed by atoms with Crippen LogP contribution >= 0.6 is 0 Å². The van der Waals surface area contributed by atoms with Gasteiger partial charge in [-0.25, -0.2) is 4.98 Å². The highest BCUT2D eigenvalue weighted by Gasteiger charge is 2.32. The normalized spacial score (nSPS) is 15.4. The molecule has 0 spiro atoms. The minimum atomic E-state index is -0.0650. The van der Waals surface area contributed by atoms with E-state index in [2.05, 4.69) is 65.4 Å². The van der Waals surface area contributed by atoms with Crippen molar-refractivity contribution in [2.45, 2.75) is 39.3 Å². The van der Waals surface area contributed by atoms with Gasteiger partial charge in [0.1, 0.15) is 5.69 Å². The first kappa shape index (κ1) is 17.4. The third-order valence-corrected chi connectivity index (χ3v) is 5.21. The molecular weight excluding hydrogens is 334 g/mol. The Balaban J connectivity index is 1.70. The van der Waals surface area contributed by atoms with Gasteiger partial charge in [-0.15, -0.1) is 0 Å². The zero-order valence-electron chi connectivity index (χ0n) is 15.7. The van der Waals surface area contributed by atoms with Crippen molar-refractivity contribution >= 4 is 5.91 Å².